The molecule has 0 saturated heterocycles. The van der Waals surface area contributed by atoms with E-state index in [9.17, 15) is 4.79 Å². The van der Waals surface area contributed by atoms with Crippen molar-refractivity contribution in [3.63, 3.8) is 0 Å². The molecule has 0 aliphatic carbocycles. The van der Waals surface area contributed by atoms with Gasteiger partial charge in [-0.2, -0.15) is 0 Å². The molecule has 22 heavy (non-hydrogen) atoms. The van der Waals surface area contributed by atoms with Crippen LogP contribution in [0.4, 0.5) is 0 Å². The number of ether oxygens (including phenoxy) is 2. The highest BCUT2D eigenvalue weighted by Gasteiger charge is 2.05. The number of fused-ring (bicyclic) bond motifs is 1. The van der Waals surface area contributed by atoms with E-state index in [1.54, 1.807) is 11.3 Å². The number of methoxy groups -OCH3 is 1. The summed E-state index contributed by atoms with van der Waals surface area (Å²) in [5, 5.41) is 0.944. The van der Waals surface area contributed by atoms with Crippen LogP contribution < -0.4 is 4.74 Å². The Kier molecular flexibility index (Phi) is 4.34. The van der Waals surface area contributed by atoms with E-state index in [1.165, 1.54) is 7.11 Å². The highest BCUT2D eigenvalue weighted by Crippen LogP contribution is 2.23. The van der Waals surface area contributed by atoms with Crippen molar-refractivity contribution in [2.45, 2.75) is 13.0 Å². The minimum atomic E-state index is -0.247. The molecule has 0 aliphatic rings. The molecule has 0 unspecified atom stereocenters. The zero-order valence-corrected chi connectivity index (χ0v) is 12.9. The summed E-state index contributed by atoms with van der Waals surface area (Å²) in [6.45, 7) is 0.440. The monoisotopic (exact) mass is 313 g/mol. The van der Waals surface area contributed by atoms with Crippen LogP contribution in [0.5, 0.6) is 5.75 Å². The van der Waals surface area contributed by atoms with Crippen LogP contribution in [0.1, 0.15) is 10.6 Å². The molecule has 0 spiro atoms. The molecule has 3 rings (SSSR count). The van der Waals surface area contributed by atoms with Crippen LogP contribution in [-0.2, 0) is 22.6 Å². The van der Waals surface area contributed by atoms with Crippen LogP contribution in [0, 0.1) is 0 Å². The maximum absolute atomic E-state index is 11.2. The quantitative estimate of drug-likeness (QED) is 0.675. The van der Waals surface area contributed by atoms with Crippen LogP contribution in [0.25, 0.3) is 10.2 Å². The lowest BCUT2D eigenvalue weighted by Gasteiger charge is -2.05. The van der Waals surface area contributed by atoms with Crippen LogP contribution >= 0.6 is 11.3 Å². The summed E-state index contributed by atoms with van der Waals surface area (Å²) < 4.78 is 11.5. The van der Waals surface area contributed by atoms with Crippen LogP contribution in [-0.4, -0.2) is 18.1 Å². The van der Waals surface area contributed by atoms with Gasteiger partial charge < -0.3 is 9.47 Å². The second-order valence-corrected chi connectivity index (χ2v) is 5.88. The summed E-state index contributed by atoms with van der Waals surface area (Å²) in [5.41, 5.74) is 1.90. The van der Waals surface area contributed by atoms with E-state index in [1.807, 2.05) is 42.5 Å². The molecule has 0 amide bonds. The normalized spacial score (nSPS) is 10.6. The van der Waals surface area contributed by atoms with E-state index in [4.69, 9.17) is 4.74 Å². The summed E-state index contributed by atoms with van der Waals surface area (Å²) >= 11 is 1.63. The van der Waals surface area contributed by atoms with Gasteiger partial charge in [0.1, 0.15) is 17.4 Å². The minimum absolute atomic E-state index is 0.247. The van der Waals surface area contributed by atoms with Crippen LogP contribution in [0.3, 0.4) is 0 Å². The van der Waals surface area contributed by atoms with Gasteiger partial charge in [-0.1, -0.05) is 24.3 Å². The van der Waals surface area contributed by atoms with Crippen molar-refractivity contribution in [1.29, 1.82) is 0 Å². The zero-order chi connectivity index (χ0) is 15.4. The third kappa shape index (κ3) is 3.43. The summed E-state index contributed by atoms with van der Waals surface area (Å²) in [7, 11) is 1.39. The van der Waals surface area contributed by atoms with Gasteiger partial charge in [0.15, 0.2) is 0 Å². The van der Waals surface area contributed by atoms with E-state index in [-0.39, 0.29) is 12.4 Å². The van der Waals surface area contributed by atoms with Gasteiger partial charge in [-0.15, -0.1) is 11.3 Å². The number of rotatable bonds is 5. The van der Waals surface area contributed by atoms with Gasteiger partial charge in [0.25, 0.3) is 0 Å². The smallest absolute Gasteiger partial charge is 0.309 e. The van der Waals surface area contributed by atoms with Gasteiger partial charge >= 0.3 is 5.97 Å². The molecule has 3 aromatic rings. The Morgan fingerprint density at radius 2 is 1.91 bits per heavy atom. The maximum Gasteiger partial charge on any atom is 0.309 e. The molecular weight excluding hydrogens is 298 g/mol. The molecule has 0 saturated carbocycles. The predicted octanol–water partition coefficient (Wildman–Crippen LogP) is 3.59. The molecule has 0 N–H and O–H groups in total. The Bertz CT molecular complexity index is 747. The van der Waals surface area contributed by atoms with Gasteiger partial charge in [-0.25, -0.2) is 4.98 Å². The molecule has 0 radical (unpaired) electrons. The predicted molar refractivity (Wildman–Crippen MR) is 86.1 cm³/mol. The molecule has 2 aromatic carbocycles. The summed E-state index contributed by atoms with van der Waals surface area (Å²) in [6, 6.07) is 15.5. The lowest BCUT2D eigenvalue weighted by atomic mass is 10.1. The fourth-order valence-corrected chi connectivity index (χ4v) is 2.95. The number of benzene rings is 2. The highest BCUT2D eigenvalue weighted by atomic mass is 32.1. The number of para-hydroxylation sites is 1. The van der Waals surface area contributed by atoms with Gasteiger partial charge in [0.2, 0.25) is 0 Å². The number of carbonyl (C=O) groups excluding carboxylic acids is 1. The molecule has 0 bridgehead atoms. The highest BCUT2D eigenvalue weighted by molar-refractivity contribution is 7.18. The van der Waals surface area contributed by atoms with Crippen molar-refractivity contribution in [3.05, 3.63) is 59.1 Å². The van der Waals surface area contributed by atoms with Crippen LogP contribution in [0.2, 0.25) is 0 Å². The Balaban J connectivity index is 1.62. The van der Waals surface area contributed by atoms with Crippen molar-refractivity contribution >= 4 is 27.5 Å². The minimum Gasteiger partial charge on any atom is -0.486 e. The summed E-state index contributed by atoms with van der Waals surface area (Å²) in [6.07, 6.45) is 0.272. The molecule has 0 atom stereocenters. The lowest BCUT2D eigenvalue weighted by Crippen LogP contribution is -2.04. The SMILES string of the molecule is COC(=O)Cc1ccc(OCc2nc3ccccc3s2)cc1. The molecular formula is C17H15NO3S. The second-order valence-electron chi connectivity index (χ2n) is 4.76. The van der Waals surface area contributed by atoms with E-state index < -0.39 is 0 Å². The van der Waals surface area contributed by atoms with Crippen molar-refractivity contribution in [3.8, 4) is 5.75 Å². The largest absolute Gasteiger partial charge is 0.486 e. The van der Waals surface area contributed by atoms with E-state index in [2.05, 4.69) is 15.8 Å². The third-order valence-corrected chi connectivity index (χ3v) is 4.21. The van der Waals surface area contributed by atoms with Crippen molar-refractivity contribution in [2.24, 2.45) is 0 Å². The number of nitrogens with zero attached hydrogens (tertiary/aromatic N) is 1. The number of aromatic nitrogens is 1. The first-order valence-corrected chi connectivity index (χ1v) is 7.69. The van der Waals surface area contributed by atoms with Crippen molar-refractivity contribution < 1.29 is 14.3 Å². The maximum atomic E-state index is 11.2. The fraction of sp³-hybridized carbons (Fsp3) is 0.176. The molecule has 5 heteroatoms. The molecule has 1 aromatic heterocycles. The standard InChI is InChI=1S/C17H15NO3S/c1-20-17(19)10-12-6-8-13(9-7-12)21-11-16-18-14-4-2-3-5-15(14)22-16/h2-9H,10-11H2,1H3. The molecule has 0 fully saturated rings. The first kappa shape index (κ1) is 14.5. The van der Waals surface area contributed by atoms with Crippen molar-refractivity contribution in [2.75, 3.05) is 7.11 Å². The number of carbonyl (C=O) groups is 1. The van der Waals surface area contributed by atoms with E-state index in [0.717, 1.165) is 26.5 Å². The zero-order valence-electron chi connectivity index (χ0n) is 12.1. The molecule has 112 valence electrons. The van der Waals surface area contributed by atoms with Crippen molar-refractivity contribution in [1.82, 2.24) is 4.98 Å². The molecule has 0 aliphatic heterocycles. The second kappa shape index (κ2) is 6.58. The lowest BCUT2D eigenvalue weighted by molar-refractivity contribution is -0.139. The Labute approximate surface area is 132 Å². The summed E-state index contributed by atoms with van der Waals surface area (Å²) in [4.78, 5) is 15.7. The van der Waals surface area contributed by atoms with Gasteiger partial charge in [0, 0.05) is 0 Å². The summed E-state index contributed by atoms with van der Waals surface area (Å²) in [5.74, 6) is 0.510. The third-order valence-electron chi connectivity index (χ3n) is 3.20. The van der Waals surface area contributed by atoms with Crippen LogP contribution in [0.15, 0.2) is 48.5 Å². The van der Waals surface area contributed by atoms with Gasteiger partial charge in [-0.3, -0.25) is 4.79 Å². The fourth-order valence-electron chi connectivity index (χ4n) is 2.07. The first-order chi connectivity index (χ1) is 10.7. The first-order valence-electron chi connectivity index (χ1n) is 6.87. The number of hydrogen-bond acceptors (Lipinski definition) is 5. The Morgan fingerprint density at radius 3 is 2.64 bits per heavy atom. The van der Waals surface area contributed by atoms with Gasteiger partial charge in [0.05, 0.1) is 23.7 Å². The number of hydrogen-bond donors (Lipinski definition) is 0. The average molecular weight is 313 g/mol. The van der Waals surface area contributed by atoms with E-state index >= 15 is 0 Å². The molecule has 1 heterocycles. The number of thiazole rings is 1. The Hall–Kier alpha value is -2.40. The topological polar surface area (TPSA) is 48.4 Å². The molecule has 4 nitrogen and oxygen atoms in total. The van der Waals surface area contributed by atoms with E-state index in [0.29, 0.717) is 6.61 Å². The Morgan fingerprint density at radius 1 is 1.14 bits per heavy atom. The average Bonchev–Trinajstić information content (AvgIpc) is 2.97. The van der Waals surface area contributed by atoms with Gasteiger partial charge in [-0.05, 0) is 29.8 Å². The number of esters is 1.